The largest absolute Gasteiger partial charge is 0.465 e. The number of esters is 1. The number of hydrogen-bond acceptors (Lipinski definition) is 4. The van der Waals surface area contributed by atoms with Crippen molar-refractivity contribution >= 4 is 39.6 Å². The molecule has 0 radical (unpaired) electrons. The van der Waals surface area contributed by atoms with Gasteiger partial charge in [-0.15, -0.1) is 11.3 Å². The number of piperidine rings is 1. The Hall–Kier alpha value is -1.14. The first kappa shape index (κ1) is 17.7. The third-order valence-electron chi connectivity index (χ3n) is 5.21. The molecule has 132 valence electrons. The predicted molar refractivity (Wildman–Crippen MR) is 103 cm³/mol. The summed E-state index contributed by atoms with van der Waals surface area (Å²) in [6, 6.07) is 0.870. The molecule has 0 aromatic carbocycles. The van der Waals surface area contributed by atoms with Crippen molar-refractivity contribution in [2.75, 3.05) is 12.4 Å². The number of carbonyl (C=O) groups is 1. The first-order valence-electron chi connectivity index (χ1n) is 8.85. The third-order valence-corrected chi connectivity index (χ3v) is 6.73. The van der Waals surface area contributed by atoms with Crippen molar-refractivity contribution in [3.05, 3.63) is 16.0 Å². The number of hydrogen-bond donors (Lipinski definition) is 1. The van der Waals surface area contributed by atoms with E-state index in [2.05, 4.69) is 24.1 Å². The van der Waals surface area contributed by atoms with Gasteiger partial charge in [-0.05, 0) is 76.6 Å². The molecular formula is C18H26N2O2S2. The lowest BCUT2D eigenvalue weighted by Crippen LogP contribution is -2.49. The fourth-order valence-electron chi connectivity index (χ4n) is 3.96. The Morgan fingerprint density at radius 3 is 2.54 bits per heavy atom. The zero-order valence-electron chi connectivity index (χ0n) is 14.7. The third kappa shape index (κ3) is 3.31. The van der Waals surface area contributed by atoms with Crippen LogP contribution >= 0.6 is 23.6 Å². The molecule has 6 heteroatoms. The first-order valence-corrected chi connectivity index (χ1v) is 10.1. The van der Waals surface area contributed by atoms with Crippen LogP contribution in [0.25, 0.3) is 0 Å². The van der Waals surface area contributed by atoms with Crippen LogP contribution in [0.15, 0.2) is 0 Å². The van der Waals surface area contributed by atoms with E-state index in [0.29, 0.717) is 17.6 Å². The van der Waals surface area contributed by atoms with Gasteiger partial charge in [-0.1, -0.05) is 0 Å². The zero-order chi connectivity index (χ0) is 17.3. The van der Waals surface area contributed by atoms with Gasteiger partial charge in [0.15, 0.2) is 5.11 Å². The molecule has 0 amide bonds. The Morgan fingerprint density at radius 1 is 1.21 bits per heavy atom. The number of nitrogens with zero attached hydrogens (tertiary/aromatic N) is 1. The number of nitrogens with one attached hydrogen (secondary N) is 1. The molecule has 1 aromatic rings. The van der Waals surface area contributed by atoms with Crippen molar-refractivity contribution in [1.29, 1.82) is 0 Å². The van der Waals surface area contributed by atoms with E-state index in [1.807, 2.05) is 0 Å². The van der Waals surface area contributed by atoms with Crippen molar-refractivity contribution in [1.82, 2.24) is 4.90 Å². The van der Waals surface area contributed by atoms with E-state index < -0.39 is 0 Å². The highest BCUT2D eigenvalue weighted by Crippen LogP contribution is 2.39. The lowest BCUT2D eigenvalue weighted by Gasteiger charge is -2.40. The van der Waals surface area contributed by atoms with E-state index in [0.717, 1.165) is 42.2 Å². The van der Waals surface area contributed by atoms with Gasteiger partial charge in [0.1, 0.15) is 5.00 Å². The fraction of sp³-hybridized carbons (Fsp3) is 0.667. The van der Waals surface area contributed by atoms with Gasteiger partial charge in [0.25, 0.3) is 0 Å². The number of ether oxygens (including phenoxy) is 1. The fourth-order valence-corrected chi connectivity index (χ4v) is 5.76. The summed E-state index contributed by atoms with van der Waals surface area (Å²) in [5.41, 5.74) is 1.88. The normalized spacial score (nSPS) is 23.5. The molecular weight excluding hydrogens is 340 g/mol. The maximum absolute atomic E-state index is 12.3. The number of thiophene rings is 1. The van der Waals surface area contributed by atoms with Gasteiger partial charge >= 0.3 is 5.97 Å². The number of fused-ring (bicyclic) bond motifs is 1. The predicted octanol–water partition coefficient (Wildman–Crippen LogP) is 4.37. The minimum absolute atomic E-state index is 0.251. The molecule has 1 aliphatic carbocycles. The average molecular weight is 367 g/mol. The molecule has 4 nitrogen and oxygen atoms in total. The Balaban J connectivity index is 1.87. The molecule has 0 bridgehead atoms. The monoisotopic (exact) mass is 366 g/mol. The molecule has 2 atom stereocenters. The molecule has 1 N–H and O–H groups in total. The number of likely N-dealkylation sites (tertiary alicyclic amines) is 1. The van der Waals surface area contributed by atoms with Crippen LogP contribution < -0.4 is 5.32 Å². The summed E-state index contributed by atoms with van der Waals surface area (Å²) in [4.78, 5) is 15.9. The molecule has 2 heterocycles. The molecule has 1 aliphatic heterocycles. The summed E-state index contributed by atoms with van der Waals surface area (Å²) in [5, 5.41) is 4.99. The first-order chi connectivity index (χ1) is 11.5. The number of thiocarbonyl (C=S) groups is 1. The van der Waals surface area contributed by atoms with E-state index in [4.69, 9.17) is 17.0 Å². The molecule has 2 unspecified atom stereocenters. The molecule has 1 saturated heterocycles. The zero-order valence-corrected chi connectivity index (χ0v) is 16.3. The number of aryl methyl sites for hydroxylation is 1. The van der Waals surface area contributed by atoms with Crippen LogP contribution in [0.2, 0.25) is 0 Å². The van der Waals surface area contributed by atoms with Crippen molar-refractivity contribution < 1.29 is 9.53 Å². The Bertz CT molecular complexity index is 631. The lowest BCUT2D eigenvalue weighted by atomic mass is 9.95. The number of methoxy groups -OCH3 is 1. The van der Waals surface area contributed by atoms with E-state index in [-0.39, 0.29) is 5.97 Å². The Morgan fingerprint density at radius 2 is 1.88 bits per heavy atom. The topological polar surface area (TPSA) is 41.6 Å². The van der Waals surface area contributed by atoms with Crippen molar-refractivity contribution in [2.45, 2.75) is 70.9 Å². The van der Waals surface area contributed by atoms with Gasteiger partial charge in [0.05, 0.1) is 12.7 Å². The minimum atomic E-state index is -0.251. The van der Waals surface area contributed by atoms with Crippen LogP contribution in [-0.4, -0.2) is 35.2 Å². The molecule has 1 fully saturated rings. The maximum atomic E-state index is 12.3. The highest BCUT2D eigenvalue weighted by molar-refractivity contribution is 7.80. The molecule has 1 aromatic heterocycles. The van der Waals surface area contributed by atoms with Crippen LogP contribution in [-0.2, 0) is 17.6 Å². The summed E-state index contributed by atoms with van der Waals surface area (Å²) < 4.78 is 5.04. The molecule has 24 heavy (non-hydrogen) atoms. The minimum Gasteiger partial charge on any atom is -0.465 e. The van der Waals surface area contributed by atoms with Crippen molar-refractivity contribution in [3.63, 3.8) is 0 Å². The van der Waals surface area contributed by atoms with E-state index in [1.54, 1.807) is 11.3 Å². The highest BCUT2D eigenvalue weighted by atomic mass is 32.1. The second-order valence-electron chi connectivity index (χ2n) is 6.87. The molecule has 0 spiro atoms. The summed E-state index contributed by atoms with van der Waals surface area (Å²) in [5.74, 6) is -0.251. The smallest absolute Gasteiger partial charge is 0.341 e. The Kier molecular flexibility index (Phi) is 5.45. The number of carbonyl (C=O) groups excluding carboxylic acids is 1. The van der Waals surface area contributed by atoms with Gasteiger partial charge in [-0.2, -0.15) is 0 Å². The summed E-state index contributed by atoms with van der Waals surface area (Å²) in [7, 11) is 1.45. The van der Waals surface area contributed by atoms with Crippen LogP contribution in [0, 0.1) is 0 Å². The average Bonchev–Trinajstić information content (AvgIpc) is 2.91. The van der Waals surface area contributed by atoms with Gasteiger partial charge in [0, 0.05) is 17.0 Å². The van der Waals surface area contributed by atoms with Gasteiger partial charge in [0.2, 0.25) is 0 Å². The highest BCUT2D eigenvalue weighted by Gasteiger charge is 2.30. The maximum Gasteiger partial charge on any atom is 0.341 e. The van der Waals surface area contributed by atoms with Crippen LogP contribution in [0.3, 0.4) is 0 Å². The quantitative estimate of drug-likeness (QED) is 0.622. The molecule has 2 aliphatic rings. The summed E-state index contributed by atoms with van der Waals surface area (Å²) in [6.45, 7) is 4.45. The SMILES string of the molecule is COC(=O)c1c(NC(=S)N2C(C)CCCC2C)sc2c1CCCC2. The molecule has 0 saturated carbocycles. The summed E-state index contributed by atoms with van der Waals surface area (Å²) in [6.07, 6.45) is 7.92. The second-order valence-corrected chi connectivity index (χ2v) is 8.36. The van der Waals surface area contributed by atoms with Gasteiger partial charge < -0.3 is 15.0 Å². The van der Waals surface area contributed by atoms with Gasteiger partial charge in [-0.3, -0.25) is 0 Å². The number of rotatable bonds is 2. The van der Waals surface area contributed by atoms with Crippen molar-refractivity contribution in [2.24, 2.45) is 0 Å². The van der Waals surface area contributed by atoms with E-state index >= 15 is 0 Å². The van der Waals surface area contributed by atoms with E-state index in [9.17, 15) is 4.79 Å². The van der Waals surface area contributed by atoms with Gasteiger partial charge in [-0.25, -0.2) is 4.79 Å². The van der Waals surface area contributed by atoms with E-state index in [1.165, 1.54) is 30.4 Å². The van der Waals surface area contributed by atoms with Crippen LogP contribution in [0.5, 0.6) is 0 Å². The van der Waals surface area contributed by atoms with Crippen LogP contribution in [0.4, 0.5) is 5.00 Å². The van der Waals surface area contributed by atoms with Crippen molar-refractivity contribution in [3.8, 4) is 0 Å². The second kappa shape index (κ2) is 7.40. The standard InChI is InChI=1S/C18H26N2O2S2/c1-11-7-6-8-12(2)20(11)18(23)19-16-15(17(21)22-3)13-9-4-5-10-14(13)24-16/h11-12H,4-10H2,1-3H3,(H,19,23). The molecule has 3 rings (SSSR count). The Labute approximate surface area is 153 Å². The lowest BCUT2D eigenvalue weighted by molar-refractivity contribution is 0.0601. The number of anilines is 1. The van der Waals surface area contributed by atoms with Crippen LogP contribution in [0.1, 0.15) is 66.8 Å². The summed E-state index contributed by atoms with van der Waals surface area (Å²) >= 11 is 7.38.